The molecule has 1 amide bonds. The summed E-state index contributed by atoms with van der Waals surface area (Å²) in [7, 11) is 1.78. The van der Waals surface area contributed by atoms with Gasteiger partial charge in [-0.1, -0.05) is 19.3 Å². The van der Waals surface area contributed by atoms with Crippen molar-refractivity contribution in [1.29, 1.82) is 0 Å². The van der Waals surface area contributed by atoms with Crippen molar-refractivity contribution in [1.82, 2.24) is 24.5 Å². The highest BCUT2D eigenvalue weighted by Crippen LogP contribution is 2.23. The zero-order chi connectivity index (χ0) is 23.5. The molecule has 0 radical (unpaired) electrons. The summed E-state index contributed by atoms with van der Waals surface area (Å²) in [4.78, 5) is 30.8. The third kappa shape index (κ3) is 4.50. The van der Waals surface area contributed by atoms with Crippen molar-refractivity contribution in [3.05, 3.63) is 46.5 Å². The van der Waals surface area contributed by atoms with Crippen LogP contribution < -0.4 is 21.5 Å². The topological polar surface area (TPSA) is 115 Å². The van der Waals surface area contributed by atoms with Gasteiger partial charge in [0.05, 0.1) is 18.8 Å². The lowest BCUT2D eigenvalue weighted by Crippen LogP contribution is -2.36. The van der Waals surface area contributed by atoms with Gasteiger partial charge in [-0.2, -0.15) is 9.61 Å². The van der Waals surface area contributed by atoms with E-state index in [1.54, 1.807) is 40.7 Å². The van der Waals surface area contributed by atoms with Crippen molar-refractivity contribution >= 4 is 28.9 Å². The maximum Gasteiger partial charge on any atom is 0.274 e. The van der Waals surface area contributed by atoms with Crippen LogP contribution in [0.3, 0.4) is 0 Å². The second-order valence-corrected chi connectivity index (χ2v) is 9.01. The van der Waals surface area contributed by atoms with Crippen LogP contribution in [0.4, 0.5) is 17.3 Å². The SMILES string of the molecule is CNc1cc(Nc2cccn(C3CCCOC3)c2=O)nc2c(C(=O)NC3CCCCC3)cnn12. The molecule has 3 N–H and O–H groups in total. The standard InChI is InChI=1S/C24H31N7O3/c1-25-21-13-20(28-19-10-5-11-30(24(19)33)17-9-6-12-34-15-17)29-22-18(14-26-31(21)22)23(32)27-16-7-3-2-4-8-16/h5,10-11,13-14,16-17,25H,2-4,6-9,12,15H2,1H3,(H,27,32)(H,28,29). The summed E-state index contributed by atoms with van der Waals surface area (Å²) < 4.78 is 8.88. The molecule has 180 valence electrons. The van der Waals surface area contributed by atoms with E-state index in [9.17, 15) is 9.59 Å². The Kier molecular flexibility index (Phi) is 6.48. The first-order chi connectivity index (χ1) is 16.6. The Hall–Kier alpha value is -3.40. The fraction of sp³-hybridized carbons (Fsp3) is 0.500. The minimum atomic E-state index is -0.173. The number of aromatic nitrogens is 4. The zero-order valence-corrected chi connectivity index (χ0v) is 19.4. The molecular formula is C24H31N7O3. The normalized spacial score (nSPS) is 19.1. The van der Waals surface area contributed by atoms with Crippen molar-refractivity contribution in [2.24, 2.45) is 0 Å². The minimum Gasteiger partial charge on any atom is -0.379 e. The van der Waals surface area contributed by atoms with E-state index in [2.05, 4.69) is 26.0 Å². The maximum atomic E-state index is 13.2. The average molecular weight is 466 g/mol. The summed E-state index contributed by atoms with van der Waals surface area (Å²) in [5.41, 5.74) is 1.13. The van der Waals surface area contributed by atoms with Gasteiger partial charge >= 0.3 is 0 Å². The average Bonchev–Trinajstić information content (AvgIpc) is 3.30. The number of fused-ring (bicyclic) bond motifs is 1. The molecule has 1 aliphatic carbocycles. The highest BCUT2D eigenvalue weighted by atomic mass is 16.5. The molecule has 0 spiro atoms. The molecule has 3 aromatic heterocycles. The summed E-state index contributed by atoms with van der Waals surface area (Å²) in [6.45, 7) is 1.27. The number of pyridine rings is 1. The molecule has 3 aromatic rings. The number of amides is 1. The third-order valence-corrected chi connectivity index (χ3v) is 6.68. The molecule has 2 aliphatic rings. The first-order valence-electron chi connectivity index (χ1n) is 12.1. The number of ether oxygens (including phenoxy) is 1. The van der Waals surface area contributed by atoms with E-state index in [1.807, 2.05) is 6.07 Å². The molecule has 2 fully saturated rings. The van der Waals surface area contributed by atoms with Gasteiger partial charge in [-0.05, 0) is 37.8 Å². The Morgan fingerprint density at radius 2 is 2.03 bits per heavy atom. The molecule has 0 bridgehead atoms. The molecular weight excluding hydrogens is 434 g/mol. The molecule has 10 heteroatoms. The van der Waals surface area contributed by atoms with Crippen LogP contribution in [0.15, 0.2) is 35.4 Å². The van der Waals surface area contributed by atoms with Crippen LogP contribution in [-0.2, 0) is 4.74 Å². The Bertz CT molecular complexity index is 1220. The third-order valence-electron chi connectivity index (χ3n) is 6.68. The van der Waals surface area contributed by atoms with Gasteiger partial charge in [-0.3, -0.25) is 9.59 Å². The smallest absolute Gasteiger partial charge is 0.274 e. The molecule has 1 saturated heterocycles. The van der Waals surface area contributed by atoms with E-state index in [0.29, 0.717) is 35.1 Å². The summed E-state index contributed by atoms with van der Waals surface area (Å²) in [6, 6.07) is 5.56. The minimum absolute atomic E-state index is 0.0243. The van der Waals surface area contributed by atoms with Crippen molar-refractivity contribution in [3.63, 3.8) is 0 Å². The van der Waals surface area contributed by atoms with E-state index in [1.165, 1.54) is 6.42 Å². The summed E-state index contributed by atoms with van der Waals surface area (Å²) >= 11 is 0. The number of hydrogen-bond donors (Lipinski definition) is 3. The highest BCUT2D eigenvalue weighted by molar-refractivity contribution is 6.00. The molecule has 1 atom stereocenters. The van der Waals surface area contributed by atoms with Crippen LogP contribution >= 0.6 is 0 Å². The molecule has 10 nitrogen and oxygen atoms in total. The van der Waals surface area contributed by atoms with E-state index in [-0.39, 0.29) is 23.6 Å². The van der Waals surface area contributed by atoms with E-state index in [0.717, 1.165) is 45.1 Å². The second kappa shape index (κ2) is 9.84. The highest BCUT2D eigenvalue weighted by Gasteiger charge is 2.22. The number of carbonyl (C=O) groups is 1. The van der Waals surface area contributed by atoms with Gasteiger partial charge < -0.3 is 25.3 Å². The van der Waals surface area contributed by atoms with E-state index >= 15 is 0 Å². The maximum absolute atomic E-state index is 13.2. The number of carbonyl (C=O) groups excluding carboxylic acids is 1. The molecule has 1 aliphatic heterocycles. The quantitative estimate of drug-likeness (QED) is 0.512. The first-order valence-corrected chi connectivity index (χ1v) is 12.1. The van der Waals surface area contributed by atoms with Gasteiger partial charge in [-0.25, -0.2) is 4.98 Å². The summed E-state index contributed by atoms with van der Waals surface area (Å²) in [5.74, 6) is 0.938. The van der Waals surface area contributed by atoms with Gasteiger partial charge in [0.25, 0.3) is 11.5 Å². The van der Waals surface area contributed by atoms with Gasteiger partial charge in [0.1, 0.15) is 22.9 Å². The van der Waals surface area contributed by atoms with Gasteiger partial charge in [0.2, 0.25) is 0 Å². The van der Waals surface area contributed by atoms with Crippen molar-refractivity contribution in [2.75, 3.05) is 30.9 Å². The van der Waals surface area contributed by atoms with Gasteiger partial charge in [0.15, 0.2) is 5.65 Å². The van der Waals surface area contributed by atoms with Crippen LogP contribution in [0.1, 0.15) is 61.3 Å². The summed E-state index contributed by atoms with van der Waals surface area (Å²) in [6.07, 6.45) is 10.7. The van der Waals surface area contributed by atoms with Crippen molar-refractivity contribution in [2.45, 2.75) is 57.0 Å². The molecule has 5 rings (SSSR count). The summed E-state index contributed by atoms with van der Waals surface area (Å²) in [5, 5.41) is 13.8. The Balaban J connectivity index is 1.44. The van der Waals surface area contributed by atoms with Gasteiger partial charge in [0, 0.05) is 32.0 Å². The Morgan fingerprint density at radius 3 is 2.79 bits per heavy atom. The Morgan fingerprint density at radius 1 is 1.18 bits per heavy atom. The molecule has 0 aromatic carbocycles. The van der Waals surface area contributed by atoms with Crippen LogP contribution in [-0.4, -0.2) is 51.4 Å². The van der Waals surface area contributed by atoms with E-state index in [4.69, 9.17) is 4.74 Å². The van der Waals surface area contributed by atoms with Crippen molar-refractivity contribution < 1.29 is 9.53 Å². The largest absolute Gasteiger partial charge is 0.379 e. The van der Waals surface area contributed by atoms with Crippen LogP contribution in [0.25, 0.3) is 5.65 Å². The molecule has 1 unspecified atom stereocenters. The molecule has 34 heavy (non-hydrogen) atoms. The predicted octanol–water partition coefficient (Wildman–Crippen LogP) is 3.09. The molecule has 1 saturated carbocycles. The number of hydrogen-bond acceptors (Lipinski definition) is 7. The van der Waals surface area contributed by atoms with Crippen LogP contribution in [0, 0.1) is 0 Å². The van der Waals surface area contributed by atoms with Gasteiger partial charge in [-0.15, -0.1) is 0 Å². The molecule has 4 heterocycles. The first kappa shape index (κ1) is 22.4. The second-order valence-electron chi connectivity index (χ2n) is 9.01. The number of nitrogens with one attached hydrogen (secondary N) is 3. The Labute approximate surface area is 197 Å². The van der Waals surface area contributed by atoms with Crippen molar-refractivity contribution in [3.8, 4) is 0 Å². The lowest BCUT2D eigenvalue weighted by atomic mass is 9.95. The monoisotopic (exact) mass is 465 g/mol. The number of rotatable bonds is 6. The fourth-order valence-corrected chi connectivity index (χ4v) is 4.85. The zero-order valence-electron chi connectivity index (χ0n) is 19.4. The lowest BCUT2D eigenvalue weighted by molar-refractivity contribution is 0.0581. The van der Waals surface area contributed by atoms with Crippen LogP contribution in [0.2, 0.25) is 0 Å². The van der Waals surface area contributed by atoms with E-state index < -0.39 is 0 Å². The number of nitrogens with zero attached hydrogens (tertiary/aromatic N) is 4. The fourth-order valence-electron chi connectivity index (χ4n) is 4.85. The van der Waals surface area contributed by atoms with Crippen LogP contribution in [0.5, 0.6) is 0 Å². The number of anilines is 3. The lowest BCUT2D eigenvalue weighted by Gasteiger charge is -2.24. The predicted molar refractivity (Wildman–Crippen MR) is 130 cm³/mol.